The van der Waals surface area contributed by atoms with Gasteiger partial charge in [-0.1, -0.05) is 62.1 Å². The summed E-state index contributed by atoms with van der Waals surface area (Å²) in [7, 11) is -4.53. The summed E-state index contributed by atoms with van der Waals surface area (Å²) in [4.78, 5) is 0. The Labute approximate surface area is 141 Å². The molecule has 0 saturated heterocycles. The molecule has 0 heterocycles. The van der Waals surface area contributed by atoms with Crippen LogP contribution in [0.5, 0.6) is 0 Å². The van der Waals surface area contributed by atoms with Crippen molar-refractivity contribution in [2.24, 2.45) is 0 Å². The average molecular weight is 390 g/mol. The van der Waals surface area contributed by atoms with Crippen LogP contribution in [-0.2, 0) is 0 Å². The van der Waals surface area contributed by atoms with E-state index in [1.165, 1.54) is 12.1 Å². The summed E-state index contributed by atoms with van der Waals surface area (Å²) in [5.74, 6) is -17.6. The van der Waals surface area contributed by atoms with Crippen LogP contribution in [0.2, 0.25) is 13.1 Å². The first-order valence-electron chi connectivity index (χ1n) is 7.39. The molecule has 9 heteroatoms. The molecule has 142 valence electrons. The van der Waals surface area contributed by atoms with E-state index in [1.807, 2.05) is 0 Å². The maximum absolute atomic E-state index is 14.3. The largest absolute Gasteiger partial charge is 0.377 e. The Kier molecular flexibility index (Phi) is 5.83. The molecule has 0 aromatic heterocycles. The Morgan fingerprint density at radius 2 is 1.32 bits per heavy atom. The highest BCUT2D eigenvalue weighted by atomic mass is 28.3. The minimum Gasteiger partial charge on any atom is -0.204 e. The van der Waals surface area contributed by atoms with Crippen molar-refractivity contribution in [2.75, 3.05) is 0 Å². The molecule has 1 aromatic carbocycles. The van der Waals surface area contributed by atoms with Gasteiger partial charge in [-0.3, -0.25) is 0 Å². The van der Waals surface area contributed by atoms with Crippen LogP contribution in [0.15, 0.2) is 36.0 Å². The van der Waals surface area contributed by atoms with Gasteiger partial charge < -0.3 is 0 Å². The lowest BCUT2D eigenvalue weighted by atomic mass is 10.0. The minimum atomic E-state index is -6.20. The first kappa shape index (κ1) is 21.7. The van der Waals surface area contributed by atoms with Crippen LogP contribution in [0.25, 0.3) is 6.08 Å². The fraction of sp³-hybridized carbons (Fsp3) is 0.500. The van der Waals surface area contributed by atoms with Crippen molar-refractivity contribution in [2.45, 2.75) is 49.8 Å². The maximum Gasteiger partial charge on any atom is 0.377 e. The lowest BCUT2D eigenvalue weighted by molar-refractivity contribution is -0.350. The zero-order valence-corrected chi connectivity index (χ0v) is 14.8. The molecule has 0 fully saturated rings. The molecule has 0 bridgehead atoms. The molecule has 1 rings (SSSR count). The highest BCUT2D eigenvalue weighted by Crippen LogP contribution is 2.56. The van der Waals surface area contributed by atoms with Crippen LogP contribution in [0.1, 0.15) is 18.9 Å². The summed E-state index contributed by atoms with van der Waals surface area (Å²) in [6, 6.07) is 7.76. The van der Waals surface area contributed by atoms with Crippen molar-refractivity contribution in [3.63, 3.8) is 0 Å². The third kappa shape index (κ3) is 3.61. The number of alkyl halides is 8. The SMILES string of the molecule is CCC(F)(F)C(F)(F)C(F)(F)C(F)(F)[Si](C)(C)C=Cc1ccccc1. The summed E-state index contributed by atoms with van der Waals surface area (Å²) >= 11 is 0. The Morgan fingerprint density at radius 1 is 0.840 bits per heavy atom. The molecule has 1 aromatic rings. The number of benzene rings is 1. The molecular formula is C16H18F8Si. The van der Waals surface area contributed by atoms with Crippen LogP contribution in [0.3, 0.4) is 0 Å². The Hall–Kier alpha value is -1.38. The van der Waals surface area contributed by atoms with Gasteiger partial charge in [-0.05, 0) is 5.56 Å². The van der Waals surface area contributed by atoms with Crippen molar-refractivity contribution < 1.29 is 35.1 Å². The van der Waals surface area contributed by atoms with Gasteiger partial charge in [0.15, 0.2) is 8.07 Å². The van der Waals surface area contributed by atoms with E-state index in [-0.39, 0.29) is 0 Å². The molecule has 0 aliphatic heterocycles. The number of halogens is 8. The van der Waals surface area contributed by atoms with Gasteiger partial charge in [-0.15, -0.1) is 0 Å². The van der Waals surface area contributed by atoms with Crippen LogP contribution < -0.4 is 0 Å². The highest BCUT2D eigenvalue weighted by molar-refractivity contribution is 6.85. The Morgan fingerprint density at radius 3 is 1.76 bits per heavy atom. The Bertz CT molecular complexity index is 608. The number of hydrogen-bond acceptors (Lipinski definition) is 0. The van der Waals surface area contributed by atoms with E-state index >= 15 is 0 Å². The molecule has 0 amide bonds. The summed E-state index contributed by atoms with van der Waals surface area (Å²) in [5.41, 5.74) is -4.16. The van der Waals surface area contributed by atoms with Crippen molar-refractivity contribution in [3.05, 3.63) is 41.6 Å². The smallest absolute Gasteiger partial charge is 0.204 e. The van der Waals surface area contributed by atoms with Crippen molar-refractivity contribution in [1.29, 1.82) is 0 Å². The van der Waals surface area contributed by atoms with Gasteiger partial charge >= 0.3 is 17.8 Å². The van der Waals surface area contributed by atoms with Gasteiger partial charge in [-0.25, -0.2) is 8.78 Å². The third-order valence-corrected chi connectivity index (χ3v) is 6.93. The molecular weight excluding hydrogens is 372 g/mol. The normalized spacial score (nSPS) is 15.0. The topological polar surface area (TPSA) is 0 Å². The average Bonchev–Trinajstić information content (AvgIpc) is 2.53. The molecule has 0 unspecified atom stereocenters. The van der Waals surface area contributed by atoms with Crippen LogP contribution in [0, 0.1) is 0 Å². The molecule has 0 radical (unpaired) electrons. The van der Waals surface area contributed by atoms with Crippen LogP contribution >= 0.6 is 0 Å². The Balaban J connectivity index is 3.29. The predicted octanol–water partition coefficient (Wildman–Crippen LogP) is 6.44. The second-order valence-corrected chi connectivity index (χ2v) is 10.7. The fourth-order valence-corrected chi connectivity index (χ4v) is 3.81. The van der Waals surface area contributed by atoms with E-state index in [4.69, 9.17) is 0 Å². The quantitative estimate of drug-likeness (QED) is 0.371. The molecule has 0 aliphatic carbocycles. The second-order valence-electron chi connectivity index (χ2n) is 6.25. The summed E-state index contributed by atoms with van der Waals surface area (Å²) < 4.78 is 110. The molecule has 0 spiro atoms. The molecule has 0 saturated carbocycles. The van der Waals surface area contributed by atoms with Gasteiger partial charge in [0.2, 0.25) is 0 Å². The van der Waals surface area contributed by atoms with Crippen molar-refractivity contribution >= 4 is 14.1 Å². The minimum absolute atomic E-state index is 0.396. The predicted molar refractivity (Wildman–Crippen MR) is 83.0 cm³/mol. The fourth-order valence-electron chi connectivity index (χ4n) is 2.03. The zero-order chi connectivity index (χ0) is 19.7. The zero-order valence-electron chi connectivity index (χ0n) is 13.8. The van der Waals surface area contributed by atoms with E-state index in [0.717, 1.165) is 24.9 Å². The number of hydrogen-bond donors (Lipinski definition) is 0. The van der Waals surface area contributed by atoms with E-state index in [0.29, 0.717) is 12.5 Å². The molecule has 0 aliphatic rings. The second kappa shape index (κ2) is 6.73. The van der Waals surface area contributed by atoms with Gasteiger partial charge in [0.25, 0.3) is 5.55 Å². The first-order valence-corrected chi connectivity index (χ1v) is 10.5. The van der Waals surface area contributed by atoms with E-state index in [2.05, 4.69) is 0 Å². The first-order chi connectivity index (χ1) is 11.1. The lowest BCUT2D eigenvalue weighted by Crippen LogP contribution is -2.69. The molecule has 25 heavy (non-hydrogen) atoms. The standard InChI is InChI=1S/C16H18F8Si/c1-4-13(17,18)14(19,20)15(21,22)16(23,24)25(2,3)11-10-12-8-6-5-7-9-12/h5-11H,4H2,1-3H3. The summed E-state index contributed by atoms with van der Waals surface area (Å²) in [5, 5.41) is 0. The molecule has 0 nitrogen and oxygen atoms in total. The highest BCUT2D eigenvalue weighted by Gasteiger charge is 2.82. The van der Waals surface area contributed by atoms with Crippen molar-refractivity contribution in [3.8, 4) is 0 Å². The monoisotopic (exact) mass is 390 g/mol. The van der Waals surface area contributed by atoms with Crippen LogP contribution in [0.4, 0.5) is 35.1 Å². The summed E-state index contributed by atoms with van der Waals surface area (Å²) in [6.07, 6.45) is -0.584. The number of rotatable bonds is 7. The van der Waals surface area contributed by atoms with E-state index in [1.54, 1.807) is 18.2 Å². The maximum atomic E-state index is 14.3. The van der Waals surface area contributed by atoms with Crippen molar-refractivity contribution in [1.82, 2.24) is 0 Å². The molecule has 0 atom stereocenters. The van der Waals surface area contributed by atoms with E-state index in [9.17, 15) is 35.1 Å². The van der Waals surface area contributed by atoms with Gasteiger partial charge in [0, 0.05) is 6.42 Å². The summed E-state index contributed by atoms with van der Waals surface area (Å²) in [6.45, 7) is 1.97. The van der Waals surface area contributed by atoms with Gasteiger partial charge in [-0.2, -0.15) is 26.3 Å². The van der Waals surface area contributed by atoms with Gasteiger partial charge in [0.05, 0.1) is 0 Å². The van der Waals surface area contributed by atoms with E-state index < -0.39 is 37.8 Å². The van der Waals surface area contributed by atoms with Crippen LogP contribution in [-0.4, -0.2) is 31.4 Å². The van der Waals surface area contributed by atoms with Gasteiger partial charge in [0.1, 0.15) is 0 Å². The third-order valence-electron chi connectivity index (χ3n) is 3.99. The lowest BCUT2D eigenvalue weighted by Gasteiger charge is -2.41. The molecule has 0 N–H and O–H groups in total.